The summed E-state index contributed by atoms with van der Waals surface area (Å²) in [5.41, 5.74) is 0.868. The number of carbonyl (C=O) groups is 1. The third kappa shape index (κ3) is 4.83. The Bertz CT molecular complexity index is 1060. The summed E-state index contributed by atoms with van der Waals surface area (Å²) in [6.45, 7) is 2.19. The smallest absolute Gasteiger partial charge is 0.404 e. The Morgan fingerprint density at radius 3 is 2.22 bits per heavy atom. The van der Waals surface area contributed by atoms with Gasteiger partial charge in [-0.1, -0.05) is 30.3 Å². The fourth-order valence-corrected chi connectivity index (χ4v) is 4.61. The van der Waals surface area contributed by atoms with Crippen molar-refractivity contribution in [1.82, 2.24) is 9.80 Å². The second kappa shape index (κ2) is 8.62. The molecule has 1 N–H and O–H groups in total. The molecule has 2 aliphatic rings. The Kier molecular flexibility index (Phi) is 6.04. The number of amides is 1. The van der Waals surface area contributed by atoms with Gasteiger partial charge in [-0.15, -0.1) is 13.2 Å². The van der Waals surface area contributed by atoms with Crippen LogP contribution in [-0.4, -0.2) is 56.7 Å². The summed E-state index contributed by atoms with van der Waals surface area (Å²) in [5.74, 6) is -1.21. The molecule has 1 heterocycles. The first-order valence-corrected chi connectivity index (χ1v) is 11.3. The Morgan fingerprint density at radius 1 is 1.00 bits per heavy atom. The van der Waals surface area contributed by atoms with Gasteiger partial charge in [0.05, 0.1) is 5.69 Å². The molecule has 0 spiro atoms. The van der Waals surface area contributed by atoms with E-state index >= 15 is 0 Å². The molecule has 2 aromatic rings. The molecular formula is C21H22F3N3O4S. The molecule has 1 saturated carbocycles. The van der Waals surface area contributed by atoms with E-state index in [2.05, 4.69) is 21.8 Å². The van der Waals surface area contributed by atoms with E-state index in [9.17, 15) is 26.4 Å². The minimum absolute atomic E-state index is 0.00595. The number of hydrogen-bond acceptors (Lipinski definition) is 5. The molecule has 0 bridgehead atoms. The van der Waals surface area contributed by atoms with Crippen LogP contribution in [0.3, 0.4) is 0 Å². The standard InChI is InChI=1S/C21H22F3N3O4S/c22-21(23,24)31-18-14-15(6-7-17(18)25-32(29)30)19(28)26-10-12-27(13-11-26)20(8-9-20)16-4-2-1-3-5-16/h1-7,14,32H,8-13H2,(H,25,29,30). The topological polar surface area (TPSA) is 78.9 Å². The molecule has 1 amide bonds. The molecule has 0 unspecified atom stereocenters. The van der Waals surface area contributed by atoms with E-state index in [1.54, 1.807) is 4.90 Å². The lowest BCUT2D eigenvalue weighted by Gasteiger charge is -2.40. The van der Waals surface area contributed by atoms with Gasteiger partial charge in [0.2, 0.25) is 10.9 Å². The molecule has 0 aromatic heterocycles. The molecule has 11 heteroatoms. The molecule has 32 heavy (non-hydrogen) atoms. The highest BCUT2D eigenvalue weighted by Crippen LogP contribution is 2.51. The summed E-state index contributed by atoms with van der Waals surface area (Å²) in [5, 5.41) is 0. The van der Waals surface area contributed by atoms with Crippen molar-refractivity contribution in [2.24, 2.45) is 0 Å². The molecule has 7 nitrogen and oxygen atoms in total. The van der Waals surface area contributed by atoms with Crippen molar-refractivity contribution in [3.63, 3.8) is 0 Å². The monoisotopic (exact) mass is 469 g/mol. The number of nitrogens with zero attached hydrogens (tertiary/aromatic N) is 2. The summed E-state index contributed by atoms with van der Waals surface area (Å²) in [4.78, 5) is 16.9. The lowest BCUT2D eigenvalue weighted by molar-refractivity contribution is -0.274. The number of carbonyl (C=O) groups excluding carboxylic acids is 1. The lowest BCUT2D eigenvalue weighted by Crippen LogP contribution is -2.52. The number of rotatable bonds is 6. The largest absolute Gasteiger partial charge is 0.573 e. The molecule has 2 aromatic carbocycles. The Labute approximate surface area is 184 Å². The predicted molar refractivity (Wildman–Crippen MR) is 112 cm³/mol. The van der Waals surface area contributed by atoms with E-state index < -0.39 is 34.6 Å². The lowest BCUT2D eigenvalue weighted by atomic mass is 10.0. The van der Waals surface area contributed by atoms with E-state index in [0.29, 0.717) is 26.2 Å². The van der Waals surface area contributed by atoms with Gasteiger partial charge in [0.25, 0.3) is 5.91 Å². The second-order valence-electron chi connectivity index (χ2n) is 7.80. The maximum Gasteiger partial charge on any atom is 0.573 e. The van der Waals surface area contributed by atoms with Crippen LogP contribution in [0.15, 0.2) is 48.5 Å². The third-order valence-electron chi connectivity index (χ3n) is 5.87. The molecule has 0 atom stereocenters. The Balaban J connectivity index is 1.46. The quantitative estimate of drug-likeness (QED) is 0.636. The van der Waals surface area contributed by atoms with E-state index in [4.69, 9.17) is 0 Å². The first-order chi connectivity index (χ1) is 15.2. The van der Waals surface area contributed by atoms with Gasteiger partial charge < -0.3 is 9.64 Å². The van der Waals surface area contributed by atoms with Crippen LogP contribution >= 0.6 is 0 Å². The minimum Gasteiger partial charge on any atom is -0.404 e. The maximum atomic E-state index is 12.9. The fourth-order valence-electron chi connectivity index (χ4n) is 4.23. The van der Waals surface area contributed by atoms with Crippen LogP contribution in [0.25, 0.3) is 0 Å². The number of anilines is 1. The first-order valence-electron chi connectivity index (χ1n) is 10.1. The highest BCUT2D eigenvalue weighted by Gasteiger charge is 2.50. The van der Waals surface area contributed by atoms with Crippen LogP contribution in [-0.2, 0) is 16.4 Å². The molecule has 0 radical (unpaired) electrons. The zero-order chi connectivity index (χ0) is 22.9. The minimum atomic E-state index is -5.03. The molecule has 1 saturated heterocycles. The van der Waals surface area contributed by atoms with Gasteiger partial charge in [-0.25, -0.2) is 8.42 Å². The van der Waals surface area contributed by atoms with Crippen molar-refractivity contribution >= 4 is 22.5 Å². The van der Waals surface area contributed by atoms with Crippen LogP contribution < -0.4 is 9.46 Å². The number of ether oxygens (including phenoxy) is 1. The predicted octanol–water partition coefficient (Wildman–Crippen LogP) is 2.97. The summed E-state index contributed by atoms with van der Waals surface area (Å²) in [6.07, 6.45) is -2.92. The van der Waals surface area contributed by atoms with E-state index in [0.717, 1.165) is 25.0 Å². The zero-order valence-electron chi connectivity index (χ0n) is 17.0. The normalized spacial score (nSPS) is 18.4. The van der Waals surface area contributed by atoms with Gasteiger partial charge in [0.15, 0.2) is 5.75 Å². The average molecular weight is 469 g/mol. The molecule has 1 aliphatic carbocycles. The van der Waals surface area contributed by atoms with Gasteiger partial charge >= 0.3 is 6.36 Å². The summed E-state index contributed by atoms with van der Waals surface area (Å²) >= 11 is 0. The highest BCUT2D eigenvalue weighted by molar-refractivity contribution is 7.73. The molecule has 2 fully saturated rings. The van der Waals surface area contributed by atoms with Crippen molar-refractivity contribution in [2.45, 2.75) is 24.7 Å². The first kappa shape index (κ1) is 22.4. The van der Waals surface area contributed by atoms with Crippen LogP contribution in [0.1, 0.15) is 28.8 Å². The second-order valence-corrected chi connectivity index (χ2v) is 8.54. The molecule has 4 rings (SSSR count). The third-order valence-corrected chi connectivity index (χ3v) is 6.30. The van der Waals surface area contributed by atoms with Crippen molar-refractivity contribution in [1.29, 1.82) is 0 Å². The van der Waals surface area contributed by atoms with Crippen LogP contribution in [0.2, 0.25) is 0 Å². The van der Waals surface area contributed by atoms with Crippen LogP contribution in [0.5, 0.6) is 5.75 Å². The van der Waals surface area contributed by atoms with Crippen LogP contribution in [0.4, 0.5) is 18.9 Å². The molecule has 172 valence electrons. The van der Waals surface area contributed by atoms with Crippen molar-refractivity contribution in [2.75, 3.05) is 30.9 Å². The number of halogens is 3. The van der Waals surface area contributed by atoms with Gasteiger partial charge in [0.1, 0.15) is 0 Å². The van der Waals surface area contributed by atoms with Gasteiger partial charge in [-0.2, -0.15) is 0 Å². The summed E-state index contributed by atoms with van der Waals surface area (Å²) in [6, 6.07) is 13.5. The van der Waals surface area contributed by atoms with E-state index in [-0.39, 0.29) is 11.1 Å². The zero-order valence-corrected chi connectivity index (χ0v) is 17.9. The number of thiol groups is 1. The summed E-state index contributed by atoms with van der Waals surface area (Å²) < 4.78 is 65.8. The van der Waals surface area contributed by atoms with E-state index in [1.807, 2.05) is 22.9 Å². The Hall–Kier alpha value is -2.79. The fraction of sp³-hybridized carbons (Fsp3) is 0.381. The van der Waals surface area contributed by atoms with E-state index in [1.165, 1.54) is 11.6 Å². The molecular weight excluding hydrogens is 447 g/mol. The summed E-state index contributed by atoms with van der Waals surface area (Å²) in [7, 11) is -3.20. The number of hydrogen-bond donors (Lipinski definition) is 2. The average Bonchev–Trinajstić information content (AvgIpc) is 3.56. The number of piperazine rings is 1. The van der Waals surface area contributed by atoms with Gasteiger partial charge in [-0.3, -0.25) is 14.4 Å². The number of benzene rings is 2. The number of nitrogens with one attached hydrogen (secondary N) is 1. The van der Waals surface area contributed by atoms with Crippen molar-refractivity contribution in [3.8, 4) is 5.75 Å². The van der Waals surface area contributed by atoms with Gasteiger partial charge in [-0.05, 0) is 36.6 Å². The number of alkyl halides is 3. The highest BCUT2D eigenvalue weighted by atomic mass is 32.2. The maximum absolute atomic E-state index is 12.9. The SMILES string of the molecule is O=C(c1ccc(N[SH](=O)=O)c(OC(F)(F)F)c1)N1CCN(C2(c3ccccc3)CC2)CC1. The Morgan fingerprint density at radius 2 is 1.66 bits per heavy atom. The van der Waals surface area contributed by atoms with Crippen LogP contribution in [0, 0.1) is 0 Å². The van der Waals surface area contributed by atoms with Crippen molar-refractivity contribution < 1.29 is 31.1 Å². The molecule has 1 aliphatic heterocycles. The van der Waals surface area contributed by atoms with Gasteiger partial charge in [0, 0.05) is 37.3 Å². The van der Waals surface area contributed by atoms with Crippen molar-refractivity contribution in [3.05, 3.63) is 59.7 Å².